The summed E-state index contributed by atoms with van der Waals surface area (Å²) < 4.78 is 7.13. The molecule has 0 bridgehead atoms. The molecule has 3 aromatic heterocycles. The number of nitrogens with zero attached hydrogens (tertiary/aromatic N) is 1. The molecule has 1 amide bonds. The number of hydrogen-bond donors (Lipinski definition) is 2. The van der Waals surface area contributed by atoms with Crippen LogP contribution in [0.3, 0.4) is 0 Å². The minimum atomic E-state index is 0.681. The second kappa shape index (κ2) is 9.29. The molecule has 5 nitrogen and oxygen atoms in total. The van der Waals surface area contributed by atoms with Gasteiger partial charge in [-0.3, -0.25) is 4.79 Å². The van der Waals surface area contributed by atoms with Crippen molar-refractivity contribution in [1.29, 1.82) is 0 Å². The zero-order chi connectivity index (χ0) is 23.6. The summed E-state index contributed by atoms with van der Waals surface area (Å²) >= 11 is 3.02. The molecule has 0 fully saturated rings. The number of fused-ring (bicyclic) bond motifs is 3. The highest BCUT2D eigenvalue weighted by Crippen LogP contribution is 2.41. The molecular weight excluding hydrogens is 474 g/mol. The van der Waals surface area contributed by atoms with E-state index in [0.717, 1.165) is 59.8 Å². The van der Waals surface area contributed by atoms with E-state index in [1.165, 1.54) is 12.0 Å². The first-order valence-electron chi connectivity index (χ1n) is 11.0. The number of H-pyrrole nitrogens is 1. The first-order chi connectivity index (χ1) is 17.3. The molecule has 7 heteroatoms. The van der Waals surface area contributed by atoms with Gasteiger partial charge in [0.25, 0.3) is 0 Å². The topological polar surface area (TPSA) is 67.0 Å². The Morgan fingerprint density at radius 2 is 1.80 bits per heavy atom. The fraction of sp³-hybridized carbons (Fsp3) is 0. The second-order valence-corrected chi connectivity index (χ2v) is 9.89. The summed E-state index contributed by atoms with van der Waals surface area (Å²) in [7, 11) is 0. The Balaban J connectivity index is 1.54. The molecule has 0 spiro atoms. The van der Waals surface area contributed by atoms with Gasteiger partial charge in [0.05, 0.1) is 0 Å². The van der Waals surface area contributed by atoms with Crippen LogP contribution in [0.1, 0.15) is 0 Å². The third kappa shape index (κ3) is 4.16. The van der Waals surface area contributed by atoms with Crippen molar-refractivity contribution in [3.05, 3.63) is 96.5 Å². The number of pyridine rings is 1. The van der Waals surface area contributed by atoms with Crippen LogP contribution in [0.25, 0.3) is 44.2 Å². The molecule has 35 heavy (non-hydrogen) atoms. The van der Waals surface area contributed by atoms with Gasteiger partial charge in [-0.25, -0.2) is 4.98 Å². The van der Waals surface area contributed by atoms with Crippen LogP contribution in [0.15, 0.2) is 101 Å². The number of carbonyl (C=O) groups is 1. The summed E-state index contributed by atoms with van der Waals surface area (Å²) in [6, 6.07) is 28.3. The lowest BCUT2D eigenvalue weighted by Crippen LogP contribution is -1.94. The van der Waals surface area contributed by atoms with Gasteiger partial charge in [0.2, 0.25) is 6.41 Å². The Kier molecular flexibility index (Phi) is 5.70. The van der Waals surface area contributed by atoms with Gasteiger partial charge in [-0.1, -0.05) is 48.5 Å². The van der Waals surface area contributed by atoms with Gasteiger partial charge < -0.3 is 14.5 Å². The van der Waals surface area contributed by atoms with E-state index < -0.39 is 0 Å². The lowest BCUT2D eigenvalue weighted by atomic mass is 9.92. The smallest absolute Gasteiger partial charge is 0.211 e. The molecule has 0 unspecified atom stereocenters. The molecule has 6 rings (SSSR count). The maximum atomic E-state index is 10.8. The van der Waals surface area contributed by atoms with Gasteiger partial charge in [0.15, 0.2) is 0 Å². The van der Waals surface area contributed by atoms with Gasteiger partial charge in [0.1, 0.15) is 27.6 Å². The number of nitrogens with one attached hydrogen (secondary N) is 2. The number of rotatable bonds is 7. The highest BCUT2D eigenvalue weighted by Gasteiger charge is 2.18. The van der Waals surface area contributed by atoms with Crippen molar-refractivity contribution in [3.8, 4) is 28.0 Å². The van der Waals surface area contributed by atoms with E-state index in [-0.39, 0.29) is 0 Å². The molecule has 170 valence electrons. The van der Waals surface area contributed by atoms with Gasteiger partial charge in [-0.05, 0) is 52.9 Å². The van der Waals surface area contributed by atoms with Crippen LogP contribution in [-0.4, -0.2) is 16.4 Å². The summed E-state index contributed by atoms with van der Waals surface area (Å²) in [6.45, 7) is 0. The lowest BCUT2D eigenvalue weighted by molar-refractivity contribution is -0.105. The average molecular weight is 494 g/mol. The van der Waals surface area contributed by atoms with E-state index in [9.17, 15) is 4.79 Å². The van der Waals surface area contributed by atoms with Crippen molar-refractivity contribution in [2.75, 3.05) is 5.32 Å². The summed E-state index contributed by atoms with van der Waals surface area (Å²) in [5.41, 5.74) is 6.80. The maximum absolute atomic E-state index is 10.8. The average Bonchev–Trinajstić information content (AvgIpc) is 3.56. The minimum absolute atomic E-state index is 0.681. The standard InChI is InChI=1S/C28H19N3O2S2/c32-17-30-20-10-8-18(9-11-20)23-16-29-28-27(26(23)19-5-2-1-3-6-19)22-15-21(12-13-24(22)31-28)33-35-25-7-4-14-34-25/h1-17H,(H,29,31)(H,30,32). The summed E-state index contributed by atoms with van der Waals surface area (Å²) in [5, 5.41) is 6.83. The Morgan fingerprint density at radius 3 is 2.57 bits per heavy atom. The number of hydrogen-bond acceptors (Lipinski definition) is 5. The molecule has 0 atom stereocenters. The Hall–Kier alpha value is -4.07. The van der Waals surface area contributed by atoms with Crippen molar-refractivity contribution in [2.24, 2.45) is 0 Å². The SMILES string of the molecule is O=CNc1ccc(-c2cnc3[nH]c4ccc(OSc5cccs5)cc4c3c2-c2ccccc2)cc1. The van der Waals surface area contributed by atoms with Crippen LogP contribution < -0.4 is 9.50 Å². The van der Waals surface area contributed by atoms with E-state index in [1.54, 1.807) is 11.3 Å². The molecular formula is C28H19N3O2S2. The number of aromatic amines is 1. The van der Waals surface area contributed by atoms with Crippen LogP contribution in [0.4, 0.5) is 5.69 Å². The Labute approximate surface area is 210 Å². The molecule has 6 aromatic rings. The number of aromatic nitrogens is 2. The van der Waals surface area contributed by atoms with Crippen molar-refractivity contribution in [3.63, 3.8) is 0 Å². The molecule has 0 saturated heterocycles. The van der Waals surface area contributed by atoms with Gasteiger partial charge in [-0.15, -0.1) is 11.3 Å². The van der Waals surface area contributed by atoms with Gasteiger partial charge >= 0.3 is 0 Å². The Bertz CT molecular complexity index is 1630. The minimum Gasteiger partial charge on any atom is -0.420 e. The number of carbonyl (C=O) groups excluding carboxylic acids is 1. The zero-order valence-corrected chi connectivity index (χ0v) is 20.0. The lowest BCUT2D eigenvalue weighted by Gasteiger charge is -2.13. The van der Waals surface area contributed by atoms with Crippen LogP contribution >= 0.6 is 23.4 Å². The monoisotopic (exact) mass is 493 g/mol. The van der Waals surface area contributed by atoms with Crippen molar-refractivity contribution in [2.45, 2.75) is 4.21 Å². The third-order valence-electron chi connectivity index (χ3n) is 5.79. The van der Waals surface area contributed by atoms with Gasteiger partial charge in [0, 0.05) is 39.3 Å². The molecule has 3 aromatic carbocycles. The molecule has 3 heterocycles. The number of thiophene rings is 1. The molecule has 2 N–H and O–H groups in total. The molecule has 0 aliphatic heterocycles. The van der Waals surface area contributed by atoms with Crippen LogP contribution in [-0.2, 0) is 4.79 Å². The largest absolute Gasteiger partial charge is 0.420 e. The Morgan fingerprint density at radius 1 is 0.943 bits per heavy atom. The van der Waals surface area contributed by atoms with E-state index >= 15 is 0 Å². The fourth-order valence-electron chi connectivity index (χ4n) is 4.22. The van der Waals surface area contributed by atoms with Crippen molar-refractivity contribution in [1.82, 2.24) is 9.97 Å². The summed E-state index contributed by atoms with van der Waals surface area (Å²) in [6.07, 6.45) is 2.59. The van der Waals surface area contributed by atoms with Crippen LogP contribution in [0.5, 0.6) is 5.75 Å². The predicted octanol–water partition coefficient (Wildman–Crippen LogP) is 7.77. The first-order valence-corrected chi connectivity index (χ1v) is 12.6. The van der Waals surface area contributed by atoms with Crippen molar-refractivity contribution >= 4 is 57.4 Å². The number of anilines is 1. The number of amides is 1. The maximum Gasteiger partial charge on any atom is 0.211 e. The zero-order valence-electron chi connectivity index (χ0n) is 18.4. The van der Waals surface area contributed by atoms with Gasteiger partial charge in [-0.2, -0.15) is 0 Å². The highest BCUT2D eigenvalue weighted by atomic mass is 32.2. The summed E-state index contributed by atoms with van der Waals surface area (Å²) in [4.78, 5) is 19.1. The highest BCUT2D eigenvalue weighted by molar-refractivity contribution is 7.97. The molecule has 0 radical (unpaired) electrons. The molecule has 0 aliphatic rings. The second-order valence-electron chi connectivity index (χ2n) is 7.91. The molecule has 0 aliphatic carbocycles. The normalized spacial score (nSPS) is 11.1. The van der Waals surface area contributed by atoms with Crippen molar-refractivity contribution < 1.29 is 8.98 Å². The quantitative estimate of drug-likeness (QED) is 0.176. The summed E-state index contributed by atoms with van der Waals surface area (Å²) in [5.74, 6) is 0.783. The van der Waals surface area contributed by atoms with Crippen LogP contribution in [0, 0.1) is 0 Å². The van der Waals surface area contributed by atoms with E-state index in [1.807, 2.05) is 78.3 Å². The molecule has 0 saturated carbocycles. The van der Waals surface area contributed by atoms with E-state index in [2.05, 4.69) is 28.5 Å². The van der Waals surface area contributed by atoms with E-state index in [4.69, 9.17) is 9.17 Å². The number of benzene rings is 3. The van der Waals surface area contributed by atoms with Crippen LogP contribution in [0.2, 0.25) is 0 Å². The predicted molar refractivity (Wildman–Crippen MR) is 145 cm³/mol. The van der Waals surface area contributed by atoms with E-state index in [0.29, 0.717) is 6.41 Å². The third-order valence-corrected chi connectivity index (χ3v) is 7.52. The fourth-order valence-corrected chi connectivity index (χ4v) is 5.51. The first kappa shape index (κ1) is 21.5.